The molecule has 0 spiro atoms. The maximum atomic E-state index is 12.1. The molecule has 0 bridgehead atoms. The summed E-state index contributed by atoms with van der Waals surface area (Å²) in [7, 11) is -3.81. The van der Waals surface area contributed by atoms with Gasteiger partial charge in [-0.3, -0.25) is 4.79 Å². The lowest BCUT2D eigenvalue weighted by molar-refractivity contribution is -0.139. The van der Waals surface area contributed by atoms with Crippen LogP contribution in [-0.2, 0) is 26.0 Å². The molecule has 7 nitrogen and oxygen atoms in total. The number of hydrogen-bond acceptors (Lipinski definition) is 5. The molecule has 0 radical (unpaired) electrons. The van der Waals surface area contributed by atoms with E-state index < -0.39 is 27.8 Å². The number of rotatable bonds is 7. The highest BCUT2D eigenvalue weighted by molar-refractivity contribution is 7.88. The van der Waals surface area contributed by atoms with E-state index in [1.807, 2.05) is 34.6 Å². The summed E-state index contributed by atoms with van der Waals surface area (Å²) in [5.74, 6) is -0.958. The van der Waals surface area contributed by atoms with E-state index in [4.69, 9.17) is 9.63 Å². The van der Waals surface area contributed by atoms with Crippen molar-refractivity contribution in [3.05, 3.63) is 17.5 Å². The molecule has 1 aromatic rings. The molecular weight excluding hydrogens is 308 g/mol. The zero-order valence-corrected chi connectivity index (χ0v) is 14.4. The number of carboxylic acids is 1. The number of hydrogen-bond donors (Lipinski definition) is 2. The van der Waals surface area contributed by atoms with Crippen molar-refractivity contribution in [1.82, 2.24) is 9.88 Å². The van der Waals surface area contributed by atoms with Gasteiger partial charge in [-0.2, -0.15) is 0 Å². The topological polar surface area (TPSA) is 110 Å². The van der Waals surface area contributed by atoms with Crippen LogP contribution in [-0.4, -0.2) is 30.7 Å². The van der Waals surface area contributed by atoms with Gasteiger partial charge < -0.3 is 9.63 Å². The first-order valence-electron chi connectivity index (χ1n) is 7.09. The third kappa shape index (κ3) is 5.76. The predicted octanol–water partition coefficient (Wildman–Crippen LogP) is 1.89. The summed E-state index contributed by atoms with van der Waals surface area (Å²) in [5.41, 5.74) is -0.0185. The largest absolute Gasteiger partial charge is 0.480 e. The highest BCUT2D eigenvalue weighted by Crippen LogP contribution is 2.23. The number of carbonyl (C=O) groups is 1. The molecule has 126 valence electrons. The van der Waals surface area contributed by atoms with Crippen LogP contribution in [0.5, 0.6) is 0 Å². The van der Waals surface area contributed by atoms with E-state index in [2.05, 4.69) is 9.88 Å². The third-order valence-corrected chi connectivity index (χ3v) is 4.28. The van der Waals surface area contributed by atoms with E-state index in [0.717, 1.165) is 0 Å². The molecule has 1 atom stereocenters. The molecule has 0 aliphatic rings. The van der Waals surface area contributed by atoms with Crippen LogP contribution in [0.3, 0.4) is 0 Å². The van der Waals surface area contributed by atoms with Gasteiger partial charge in [0, 0.05) is 11.5 Å². The summed E-state index contributed by atoms with van der Waals surface area (Å²) >= 11 is 0. The second-order valence-corrected chi connectivity index (χ2v) is 8.58. The number of carboxylic acid groups (broad SMARTS) is 1. The summed E-state index contributed by atoms with van der Waals surface area (Å²) in [4.78, 5) is 11.1. The van der Waals surface area contributed by atoms with Crippen molar-refractivity contribution in [2.45, 2.75) is 58.2 Å². The van der Waals surface area contributed by atoms with Crippen LogP contribution >= 0.6 is 0 Å². The molecule has 0 unspecified atom stereocenters. The Labute approximate surface area is 131 Å². The lowest BCUT2D eigenvalue weighted by atomic mass is 9.93. The molecule has 8 heteroatoms. The standard InChI is InChI=1S/C14H24N2O5S/c1-9(2)6-11(13(17)18)16-22(19,20)8-10-7-12(21-15-10)14(3,4)5/h7,9,11,16H,6,8H2,1-5H3,(H,17,18)/t11-/m1/s1. The summed E-state index contributed by atoms with van der Waals surface area (Å²) < 4.78 is 31.5. The maximum Gasteiger partial charge on any atom is 0.321 e. The Morgan fingerprint density at radius 3 is 2.41 bits per heavy atom. The molecule has 0 fully saturated rings. The highest BCUT2D eigenvalue weighted by Gasteiger charge is 2.27. The Balaban J connectivity index is 2.82. The number of aliphatic carboxylic acids is 1. The number of nitrogens with zero attached hydrogens (tertiary/aromatic N) is 1. The number of nitrogens with one attached hydrogen (secondary N) is 1. The van der Waals surface area contributed by atoms with E-state index in [1.54, 1.807) is 6.07 Å². The molecule has 0 aromatic carbocycles. The summed E-state index contributed by atoms with van der Waals surface area (Å²) in [6.45, 7) is 9.43. The van der Waals surface area contributed by atoms with Gasteiger partial charge >= 0.3 is 5.97 Å². The van der Waals surface area contributed by atoms with Crippen molar-refractivity contribution in [2.24, 2.45) is 5.92 Å². The van der Waals surface area contributed by atoms with Crippen LogP contribution in [0.15, 0.2) is 10.6 Å². The molecule has 0 saturated carbocycles. The van der Waals surface area contributed by atoms with Gasteiger partial charge in [0.15, 0.2) is 0 Å². The fourth-order valence-electron chi connectivity index (χ4n) is 1.86. The number of aromatic nitrogens is 1. The Bertz CT molecular complexity index is 613. The van der Waals surface area contributed by atoms with Crippen LogP contribution in [0.2, 0.25) is 0 Å². The fraction of sp³-hybridized carbons (Fsp3) is 0.714. The van der Waals surface area contributed by atoms with Crippen LogP contribution in [0.25, 0.3) is 0 Å². The van der Waals surface area contributed by atoms with Crippen molar-refractivity contribution < 1.29 is 22.8 Å². The minimum Gasteiger partial charge on any atom is -0.480 e. The van der Waals surface area contributed by atoms with Crippen LogP contribution in [0.4, 0.5) is 0 Å². The van der Waals surface area contributed by atoms with Gasteiger partial charge in [-0.1, -0.05) is 39.8 Å². The Kier molecular flexibility index (Phi) is 5.75. The van der Waals surface area contributed by atoms with Gasteiger partial charge in [0.1, 0.15) is 23.2 Å². The minimum atomic E-state index is -3.81. The van der Waals surface area contributed by atoms with Crippen molar-refractivity contribution >= 4 is 16.0 Å². The highest BCUT2D eigenvalue weighted by atomic mass is 32.2. The molecular formula is C14H24N2O5S. The molecule has 22 heavy (non-hydrogen) atoms. The first-order chi connectivity index (χ1) is 9.90. The molecule has 0 amide bonds. The fourth-order valence-corrected chi connectivity index (χ4v) is 3.10. The zero-order valence-electron chi connectivity index (χ0n) is 13.6. The molecule has 1 rings (SSSR count). The Hall–Kier alpha value is -1.41. The van der Waals surface area contributed by atoms with Gasteiger partial charge in [0.25, 0.3) is 0 Å². The van der Waals surface area contributed by atoms with E-state index >= 15 is 0 Å². The van der Waals surface area contributed by atoms with Crippen LogP contribution < -0.4 is 4.72 Å². The van der Waals surface area contributed by atoms with Gasteiger partial charge in [-0.15, -0.1) is 0 Å². The van der Waals surface area contributed by atoms with E-state index in [9.17, 15) is 13.2 Å². The average molecular weight is 332 g/mol. The summed E-state index contributed by atoms with van der Waals surface area (Å²) in [5, 5.41) is 12.8. The van der Waals surface area contributed by atoms with Crippen LogP contribution in [0, 0.1) is 5.92 Å². The number of sulfonamides is 1. The third-order valence-electron chi connectivity index (χ3n) is 2.96. The molecule has 0 aliphatic carbocycles. The quantitative estimate of drug-likeness (QED) is 0.789. The van der Waals surface area contributed by atoms with E-state index in [-0.39, 0.29) is 23.4 Å². The second-order valence-electron chi connectivity index (χ2n) is 6.83. The molecule has 0 saturated heterocycles. The predicted molar refractivity (Wildman–Crippen MR) is 81.8 cm³/mol. The van der Waals surface area contributed by atoms with Crippen LogP contribution in [0.1, 0.15) is 52.5 Å². The van der Waals surface area contributed by atoms with Crippen molar-refractivity contribution in [1.29, 1.82) is 0 Å². The van der Waals surface area contributed by atoms with E-state index in [1.165, 1.54) is 0 Å². The van der Waals surface area contributed by atoms with E-state index in [0.29, 0.717) is 5.76 Å². The van der Waals surface area contributed by atoms with Gasteiger partial charge in [-0.05, 0) is 12.3 Å². The van der Waals surface area contributed by atoms with Gasteiger partial charge in [-0.25, -0.2) is 13.1 Å². The SMILES string of the molecule is CC(C)C[C@@H](NS(=O)(=O)Cc1cc(C(C)(C)C)on1)C(=O)O. The first-order valence-corrected chi connectivity index (χ1v) is 8.75. The zero-order chi connectivity index (χ0) is 17.1. The molecule has 1 heterocycles. The van der Waals surface area contributed by atoms with Crippen molar-refractivity contribution in [3.8, 4) is 0 Å². The maximum absolute atomic E-state index is 12.1. The Morgan fingerprint density at radius 1 is 1.41 bits per heavy atom. The van der Waals surface area contributed by atoms with Gasteiger partial charge in [0.05, 0.1) is 0 Å². The van der Waals surface area contributed by atoms with Crippen molar-refractivity contribution in [3.63, 3.8) is 0 Å². The molecule has 0 aliphatic heterocycles. The van der Waals surface area contributed by atoms with Crippen molar-refractivity contribution in [2.75, 3.05) is 0 Å². The second kappa shape index (κ2) is 6.78. The lowest BCUT2D eigenvalue weighted by Crippen LogP contribution is -2.42. The molecule has 1 aromatic heterocycles. The lowest BCUT2D eigenvalue weighted by Gasteiger charge is -2.16. The normalized spacial score (nSPS) is 14.3. The first kappa shape index (κ1) is 18.6. The van der Waals surface area contributed by atoms with Gasteiger partial charge in [0.2, 0.25) is 10.0 Å². The molecule has 2 N–H and O–H groups in total. The summed E-state index contributed by atoms with van der Waals surface area (Å²) in [6.07, 6.45) is 0.223. The average Bonchev–Trinajstić information content (AvgIpc) is 2.74. The monoisotopic (exact) mass is 332 g/mol. The Morgan fingerprint density at radius 2 is 2.00 bits per heavy atom. The smallest absolute Gasteiger partial charge is 0.321 e. The minimum absolute atomic E-state index is 0.0587. The summed E-state index contributed by atoms with van der Waals surface area (Å²) in [6, 6.07) is 0.441.